The Hall–Kier alpha value is -2.65. The van der Waals surface area contributed by atoms with Crippen molar-refractivity contribution in [1.82, 2.24) is 4.90 Å². The normalized spacial score (nSPS) is 31.7. The number of hydrogen-bond acceptors (Lipinski definition) is 7. The number of phenolic OH excluding ortho intramolecular Hbond substituents is 1. The SMILES string of the molecule is CN1CC[C@]23c4c5ccc(O)c4O[C@H]2C(=O)CC[C@H]3[C@H]1C5.O=C(O)CC(O)C(=O)O. The number of rotatable bonds is 3. The first kappa shape index (κ1) is 20.6. The molecule has 2 heterocycles. The minimum Gasteiger partial charge on any atom is -0.504 e. The molecule has 1 aromatic rings. The number of carbonyl (C=O) groups is 3. The molecule has 5 rings (SSSR count). The number of aromatic hydroxyl groups is 1. The van der Waals surface area contributed by atoms with Crippen molar-refractivity contribution >= 4 is 17.7 Å². The van der Waals surface area contributed by atoms with E-state index in [1.807, 2.05) is 6.07 Å². The highest BCUT2D eigenvalue weighted by Gasteiger charge is 2.65. The molecule has 1 aromatic carbocycles. The molecule has 9 heteroatoms. The van der Waals surface area contributed by atoms with Crippen molar-refractivity contribution in [3.63, 3.8) is 0 Å². The number of nitrogens with zero attached hydrogens (tertiary/aromatic N) is 1. The van der Waals surface area contributed by atoms with Gasteiger partial charge in [0.25, 0.3) is 0 Å². The fourth-order valence-electron chi connectivity index (χ4n) is 5.77. The maximum absolute atomic E-state index is 12.5. The number of Topliss-reactive ketones (excluding diaryl/α,β-unsaturated/α-hetero) is 1. The van der Waals surface area contributed by atoms with Gasteiger partial charge in [-0.15, -0.1) is 0 Å². The van der Waals surface area contributed by atoms with Crippen LogP contribution in [0.2, 0.25) is 0 Å². The Balaban J connectivity index is 0.000000208. The van der Waals surface area contributed by atoms with Gasteiger partial charge in [0, 0.05) is 23.4 Å². The van der Waals surface area contributed by atoms with Gasteiger partial charge in [0.15, 0.2) is 29.5 Å². The van der Waals surface area contributed by atoms with E-state index < -0.39 is 24.5 Å². The summed E-state index contributed by atoms with van der Waals surface area (Å²) in [5, 5.41) is 34.3. The number of aliphatic hydroxyl groups is 1. The van der Waals surface area contributed by atoms with Gasteiger partial charge in [0.2, 0.25) is 0 Å². The summed E-state index contributed by atoms with van der Waals surface area (Å²) in [7, 11) is 2.20. The van der Waals surface area contributed by atoms with Crippen LogP contribution in [-0.4, -0.2) is 74.9 Å². The average Bonchev–Trinajstić information content (AvgIpc) is 3.04. The monoisotopic (exact) mass is 419 g/mol. The van der Waals surface area contributed by atoms with E-state index in [1.54, 1.807) is 6.07 Å². The van der Waals surface area contributed by atoms with Crippen LogP contribution < -0.4 is 4.74 Å². The predicted molar refractivity (Wildman–Crippen MR) is 103 cm³/mol. The van der Waals surface area contributed by atoms with Crippen LogP contribution in [0.4, 0.5) is 0 Å². The van der Waals surface area contributed by atoms with Crippen LogP contribution >= 0.6 is 0 Å². The van der Waals surface area contributed by atoms with E-state index in [1.165, 1.54) is 5.56 Å². The first-order valence-electron chi connectivity index (χ1n) is 10.0. The van der Waals surface area contributed by atoms with Crippen molar-refractivity contribution in [1.29, 1.82) is 0 Å². The molecule has 0 aromatic heterocycles. The van der Waals surface area contributed by atoms with Crippen LogP contribution in [-0.2, 0) is 26.2 Å². The third kappa shape index (κ3) is 2.95. The lowest BCUT2D eigenvalue weighted by molar-refractivity contribution is -0.152. The summed E-state index contributed by atoms with van der Waals surface area (Å²) in [6.07, 6.45) is 0.640. The molecule has 2 bridgehead atoms. The molecule has 9 nitrogen and oxygen atoms in total. The van der Waals surface area contributed by atoms with Crippen molar-refractivity contribution in [2.45, 2.75) is 55.8 Å². The Labute approximate surface area is 172 Å². The number of hydrogen-bond donors (Lipinski definition) is 4. The first-order chi connectivity index (χ1) is 14.2. The molecule has 1 unspecified atom stereocenters. The highest BCUT2D eigenvalue weighted by atomic mass is 16.5. The summed E-state index contributed by atoms with van der Waals surface area (Å²) in [6.45, 7) is 1.00. The zero-order chi connectivity index (χ0) is 21.8. The molecule has 1 saturated carbocycles. The topological polar surface area (TPSA) is 145 Å². The molecule has 0 amide bonds. The number of phenols is 1. The molecule has 2 aliphatic carbocycles. The van der Waals surface area contributed by atoms with E-state index in [9.17, 15) is 19.5 Å². The molecule has 1 saturated heterocycles. The molecule has 1 spiro atoms. The number of ketones is 1. The molecule has 4 aliphatic rings. The summed E-state index contributed by atoms with van der Waals surface area (Å²) in [4.78, 5) is 34.4. The number of benzene rings is 1. The largest absolute Gasteiger partial charge is 0.504 e. The number of carbonyl (C=O) groups excluding carboxylic acids is 1. The van der Waals surface area contributed by atoms with Gasteiger partial charge in [-0.05, 0) is 50.4 Å². The second kappa shape index (κ2) is 7.24. The molecular weight excluding hydrogens is 394 g/mol. The fourth-order valence-corrected chi connectivity index (χ4v) is 5.77. The van der Waals surface area contributed by atoms with E-state index in [2.05, 4.69) is 11.9 Å². The lowest BCUT2D eigenvalue weighted by Gasteiger charge is -2.57. The third-order valence-corrected chi connectivity index (χ3v) is 7.04. The number of likely N-dealkylation sites (tertiary alicyclic amines) is 1. The lowest BCUT2D eigenvalue weighted by Crippen LogP contribution is -2.65. The number of carboxylic acids is 2. The van der Waals surface area contributed by atoms with Crippen molar-refractivity contribution in [3.8, 4) is 11.5 Å². The van der Waals surface area contributed by atoms with Gasteiger partial charge in [-0.1, -0.05) is 6.07 Å². The van der Waals surface area contributed by atoms with Gasteiger partial charge in [-0.25, -0.2) is 4.79 Å². The molecule has 0 radical (unpaired) electrons. The summed E-state index contributed by atoms with van der Waals surface area (Å²) in [6, 6.07) is 4.26. The second-order valence-electron chi connectivity index (χ2n) is 8.55. The summed E-state index contributed by atoms with van der Waals surface area (Å²) in [5.41, 5.74) is 2.26. The fraction of sp³-hybridized carbons (Fsp3) is 0.571. The average molecular weight is 419 g/mol. The van der Waals surface area contributed by atoms with E-state index in [4.69, 9.17) is 20.1 Å². The van der Waals surface area contributed by atoms with Crippen molar-refractivity contribution in [2.24, 2.45) is 5.92 Å². The maximum atomic E-state index is 12.5. The van der Waals surface area contributed by atoms with Crippen molar-refractivity contribution < 1.29 is 39.5 Å². The Morgan fingerprint density at radius 1 is 1.33 bits per heavy atom. The van der Waals surface area contributed by atoms with Gasteiger partial charge in [0.05, 0.1) is 6.42 Å². The van der Waals surface area contributed by atoms with Crippen LogP contribution in [0.25, 0.3) is 0 Å². The molecular formula is C21H25NO8. The van der Waals surface area contributed by atoms with Gasteiger partial charge in [-0.2, -0.15) is 0 Å². The van der Waals surface area contributed by atoms with Gasteiger partial charge in [-0.3, -0.25) is 9.59 Å². The van der Waals surface area contributed by atoms with E-state index in [0.29, 0.717) is 24.1 Å². The number of piperidine rings is 1. The molecule has 2 aliphatic heterocycles. The Morgan fingerprint density at radius 2 is 2.07 bits per heavy atom. The number of ether oxygens (including phenoxy) is 1. The minimum absolute atomic E-state index is 0.172. The van der Waals surface area contributed by atoms with E-state index in [0.717, 1.165) is 31.4 Å². The summed E-state index contributed by atoms with van der Waals surface area (Å²) in [5.74, 6) is -1.35. The zero-order valence-electron chi connectivity index (χ0n) is 16.6. The van der Waals surface area contributed by atoms with Crippen molar-refractivity contribution in [2.75, 3.05) is 13.6 Å². The maximum Gasteiger partial charge on any atom is 0.333 e. The number of aliphatic carboxylic acids is 2. The van der Waals surface area contributed by atoms with Crippen molar-refractivity contribution in [3.05, 3.63) is 23.3 Å². The number of aliphatic hydroxyl groups excluding tert-OH is 1. The van der Waals surface area contributed by atoms with Crippen LogP contribution in [0, 0.1) is 5.92 Å². The minimum atomic E-state index is -1.79. The molecule has 162 valence electrons. The van der Waals surface area contributed by atoms with E-state index in [-0.39, 0.29) is 23.1 Å². The molecule has 30 heavy (non-hydrogen) atoms. The van der Waals surface area contributed by atoms with Crippen LogP contribution in [0.5, 0.6) is 11.5 Å². The summed E-state index contributed by atoms with van der Waals surface area (Å²) >= 11 is 0. The lowest BCUT2D eigenvalue weighted by atomic mass is 9.52. The Kier molecular flexibility index (Phi) is 4.98. The predicted octanol–water partition coefficient (Wildman–Crippen LogP) is 0.537. The Morgan fingerprint density at radius 3 is 2.70 bits per heavy atom. The zero-order valence-corrected chi connectivity index (χ0v) is 16.6. The van der Waals surface area contributed by atoms with Gasteiger partial charge >= 0.3 is 11.9 Å². The highest BCUT2D eigenvalue weighted by molar-refractivity contribution is 5.89. The van der Waals surface area contributed by atoms with Crippen LogP contribution in [0.3, 0.4) is 0 Å². The van der Waals surface area contributed by atoms with E-state index >= 15 is 0 Å². The van der Waals surface area contributed by atoms with Gasteiger partial charge in [0.1, 0.15) is 0 Å². The second-order valence-corrected chi connectivity index (χ2v) is 8.55. The molecule has 5 atom stereocenters. The van der Waals surface area contributed by atoms with Gasteiger partial charge < -0.3 is 30.1 Å². The standard InChI is InChI=1S/C17H19NO3.C4H6O5/c1-18-7-6-17-10-3-5-13(20)16(17)21-15-12(19)4-2-9(14(15)17)8-11(10)18;5-2(4(8)9)1-3(6)7/h2,4,10-11,16,19H,3,5-8H2,1H3;2,5H,1H2,(H,6,7)(H,8,9)/t10-,11+,16-,17-;/m0./s1. The Bertz CT molecular complexity index is 915. The first-order valence-corrected chi connectivity index (χ1v) is 10.0. The summed E-state index contributed by atoms with van der Waals surface area (Å²) < 4.78 is 6.04. The van der Waals surface area contributed by atoms with Crippen LogP contribution in [0.1, 0.15) is 36.8 Å². The number of carboxylic acid groups (broad SMARTS) is 2. The highest BCUT2D eigenvalue weighted by Crippen LogP contribution is 2.62. The smallest absolute Gasteiger partial charge is 0.333 e. The quantitative estimate of drug-likeness (QED) is 0.551. The molecule has 2 fully saturated rings. The number of likely N-dealkylation sites (N-methyl/N-ethyl adjacent to an activating group) is 1. The van der Waals surface area contributed by atoms with Crippen LogP contribution in [0.15, 0.2) is 12.1 Å². The third-order valence-electron chi connectivity index (χ3n) is 7.04. The molecule has 4 N–H and O–H groups in total.